The fraction of sp³-hybridized carbons (Fsp3) is 0.308. The SMILES string of the molecule is Nc1nccc2ccc(N3CCCC3)cc12. The molecule has 1 saturated heterocycles. The Morgan fingerprint density at radius 1 is 1.12 bits per heavy atom. The zero-order valence-corrected chi connectivity index (χ0v) is 9.19. The Balaban J connectivity index is 2.10. The molecule has 3 nitrogen and oxygen atoms in total. The Kier molecular flexibility index (Phi) is 2.17. The lowest BCUT2D eigenvalue weighted by Crippen LogP contribution is -2.17. The van der Waals surface area contributed by atoms with Gasteiger partial charge >= 0.3 is 0 Å². The highest BCUT2D eigenvalue weighted by molar-refractivity contribution is 5.93. The Hall–Kier alpha value is -1.77. The molecule has 0 bridgehead atoms. The molecule has 0 amide bonds. The molecule has 82 valence electrons. The van der Waals surface area contributed by atoms with E-state index in [9.17, 15) is 0 Å². The normalized spacial score (nSPS) is 15.9. The van der Waals surface area contributed by atoms with Crippen molar-refractivity contribution in [3.8, 4) is 0 Å². The molecule has 1 aliphatic rings. The van der Waals surface area contributed by atoms with Crippen molar-refractivity contribution in [2.24, 2.45) is 0 Å². The Morgan fingerprint density at radius 3 is 2.75 bits per heavy atom. The van der Waals surface area contributed by atoms with Crippen molar-refractivity contribution in [1.82, 2.24) is 4.98 Å². The van der Waals surface area contributed by atoms with Crippen molar-refractivity contribution in [1.29, 1.82) is 0 Å². The van der Waals surface area contributed by atoms with Crippen molar-refractivity contribution in [3.63, 3.8) is 0 Å². The van der Waals surface area contributed by atoms with E-state index in [4.69, 9.17) is 5.73 Å². The zero-order chi connectivity index (χ0) is 11.0. The molecule has 1 aromatic carbocycles. The second kappa shape index (κ2) is 3.67. The van der Waals surface area contributed by atoms with Crippen LogP contribution in [0.3, 0.4) is 0 Å². The average molecular weight is 213 g/mol. The highest BCUT2D eigenvalue weighted by atomic mass is 15.1. The standard InChI is InChI=1S/C13H15N3/c14-13-12-9-11(16-7-1-2-8-16)4-3-10(12)5-6-15-13/h3-6,9H,1-2,7-8H2,(H2,14,15). The molecule has 0 radical (unpaired) electrons. The first-order valence-electron chi connectivity index (χ1n) is 5.74. The molecule has 1 fully saturated rings. The summed E-state index contributed by atoms with van der Waals surface area (Å²) in [5.74, 6) is 0.624. The zero-order valence-electron chi connectivity index (χ0n) is 9.19. The summed E-state index contributed by atoms with van der Waals surface area (Å²) in [7, 11) is 0. The highest BCUT2D eigenvalue weighted by Gasteiger charge is 2.12. The smallest absolute Gasteiger partial charge is 0.131 e. The van der Waals surface area contributed by atoms with Crippen molar-refractivity contribution in [3.05, 3.63) is 30.5 Å². The first kappa shape index (κ1) is 9.46. The molecule has 1 aliphatic heterocycles. The first-order chi connectivity index (χ1) is 7.84. The van der Waals surface area contributed by atoms with Crippen LogP contribution >= 0.6 is 0 Å². The lowest BCUT2D eigenvalue weighted by atomic mass is 10.1. The molecule has 1 aromatic heterocycles. The first-order valence-corrected chi connectivity index (χ1v) is 5.74. The third-order valence-corrected chi connectivity index (χ3v) is 3.25. The average Bonchev–Trinajstić information content (AvgIpc) is 2.83. The van der Waals surface area contributed by atoms with E-state index >= 15 is 0 Å². The van der Waals surface area contributed by atoms with Crippen LogP contribution < -0.4 is 10.6 Å². The van der Waals surface area contributed by atoms with Gasteiger partial charge in [0.25, 0.3) is 0 Å². The Labute approximate surface area is 94.9 Å². The van der Waals surface area contributed by atoms with Gasteiger partial charge < -0.3 is 10.6 Å². The maximum atomic E-state index is 5.89. The third-order valence-electron chi connectivity index (χ3n) is 3.25. The molecular formula is C13H15N3. The van der Waals surface area contributed by atoms with E-state index in [0.717, 1.165) is 23.9 Å². The van der Waals surface area contributed by atoms with Gasteiger partial charge in [0.2, 0.25) is 0 Å². The topological polar surface area (TPSA) is 42.1 Å². The van der Waals surface area contributed by atoms with E-state index in [2.05, 4.69) is 28.1 Å². The van der Waals surface area contributed by atoms with Crippen LogP contribution in [0, 0.1) is 0 Å². The highest BCUT2D eigenvalue weighted by Crippen LogP contribution is 2.27. The monoisotopic (exact) mass is 213 g/mol. The molecule has 0 atom stereocenters. The molecule has 0 unspecified atom stereocenters. The largest absolute Gasteiger partial charge is 0.383 e. The Morgan fingerprint density at radius 2 is 1.94 bits per heavy atom. The van der Waals surface area contributed by atoms with E-state index in [1.807, 2.05) is 6.07 Å². The molecule has 3 rings (SSSR count). The van der Waals surface area contributed by atoms with Crippen molar-refractivity contribution < 1.29 is 0 Å². The van der Waals surface area contributed by atoms with Gasteiger partial charge in [-0.15, -0.1) is 0 Å². The van der Waals surface area contributed by atoms with Crippen molar-refractivity contribution in [2.75, 3.05) is 23.7 Å². The number of benzene rings is 1. The summed E-state index contributed by atoms with van der Waals surface area (Å²) >= 11 is 0. The number of aromatic nitrogens is 1. The van der Waals surface area contributed by atoms with E-state index in [1.54, 1.807) is 6.20 Å². The van der Waals surface area contributed by atoms with Gasteiger partial charge in [0.1, 0.15) is 5.82 Å². The quantitative estimate of drug-likeness (QED) is 0.791. The second-order valence-corrected chi connectivity index (χ2v) is 4.30. The molecule has 0 spiro atoms. The summed E-state index contributed by atoms with van der Waals surface area (Å²) in [5.41, 5.74) is 7.16. The summed E-state index contributed by atoms with van der Waals surface area (Å²) in [6, 6.07) is 8.45. The van der Waals surface area contributed by atoms with E-state index in [1.165, 1.54) is 18.5 Å². The number of nitrogens with two attached hydrogens (primary N) is 1. The Bertz CT molecular complexity index is 516. The fourth-order valence-corrected chi connectivity index (χ4v) is 2.35. The second-order valence-electron chi connectivity index (χ2n) is 4.30. The maximum Gasteiger partial charge on any atom is 0.131 e. The number of rotatable bonds is 1. The van der Waals surface area contributed by atoms with Gasteiger partial charge in [0, 0.05) is 30.4 Å². The molecule has 0 aliphatic carbocycles. The molecule has 2 heterocycles. The van der Waals surface area contributed by atoms with Gasteiger partial charge in [-0.3, -0.25) is 0 Å². The van der Waals surface area contributed by atoms with Crippen molar-refractivity contribution in [2.45, 2.75) is 12.8 Å². The number of nitrogen functional groups attached to an aromatic ring is 1. The van der Waals surface area contributed by atoms with Crippen LogP contribution in [0.2, 0.25) is 0 Å². The number of nitrogens with zero attached hydrogens (tertiary/aromatic N) is 2. The van der Waals surface area contributed by atoms with E-state index in [0.29, 0.717) is 5.82 Å². The molecule has 2 N–H and O–H groups in total. The minimum absolute atomic E-state index is 0.624. The van der Waals surface area contributed by atoms with Crippen LogP contribution in [0.4, 0.5) is 11.5 Å². The fourth-order valence-electron chi connectivity index (χ4n) is 2.35. The van der Waals surface area contributed by atoms with Crippen molar-refractivity contribution >= 4 is 22.3 Å². The molecule has 0 saturated carbocycles. The summed E-state index contributed by atoms with van der Waals surface area (Å²) in [6.45, 7) is 2.32. The van der Waals surface area contributed by atoms with Gasteiger partial charge in [0.15, 0.2) is 0 Å². The van der Waals surface area contributed by atoms with Gasteiger partial charge in [-0.1, -0.05) is 6.07 Å². The number of hydrogen-bond acceptors (Lipinski definition) is 3. The summed E-state index contributed by atoms with van der Waals surface area (Å²) < 4.78 is 0. The minimum atomic E-state index is 0.624. The summed E-state index contributed by atoms with van der Waals surface area (Å²) in [5, 5.41) is 2.22. The van der Waals surface area contributed by atoms with E-state index in [-0.39, 0.29) is 0 Å². The summed E-state index contributed by atoms with van der Waals surface area (Å²) in [6.07, 6.45) is 4.34. The minimum Gasteiger partial charge on any atom is -0.383 e. The van der Waals surface area contributed by atoms with Crippen LogP contribution in [0.15, 0.2) is 30.5 Å². The van der Waals surface area contributed by atoms with Crippen LogP contribution in [0.1, 0.15) is 12.8 Å². The number of anilines is 2. The number of fused-ring (bicyclic) bond motifs is 1. The molecule has 2 aromatic rings. The number of hydrogen-bond donors (Lipinski definition) is 1. The van der Waals surface area contributed by atoms with Gasteiger partial charge in [0.05, 0.1) is 0 Å². The van der Waals surface area contributed by atoms with Crippen LogP contribution in [-0.4, -0.2) is 18.1 Å². The maximum absolute atomic E-state index is 5.89. The predicted molar refractivity (Wildman–Crippen MR) is 67.6 cm³/mol. The van der Waals surface area contributed by atoms with Crippen LogP contribution in [0.5, 0.6) is 0 Å². The molecule has 16 heavy (non-hydrogen) atoms. The van der Waals surface area contributed by atoms with Gasteiger partial charge in [-0.2, -0.15) is 0 Å². The molecular weight excluding hydrogens is 198 g/mol. The van der Waals surface area contributed by atoms with Gasteiger partial charge in [-0.05, 0) is 36.4 Å². The third kappa shape index (κ3) is 1.48. The van der Waals surface area contributed by atoms with Crippen LogP contribution in [0.25, 0.3) is 10.8 Å². The van der Waals surface area contributed by atoms with E-state index < -0.39 is 0 Å². The molecule has 3 heteroatoms. The lowest BCUT2D eigenvalue weighted by Gasteiger charge is -2.18. The number of pyridine rings is 1. The summed E-state index contributed by atoms with van der Waals surface area (Å²) in [4.78, 5) is 6.54. The van der Waals surface area contributed by atoms with Gasteiger partial charge in [-0.25, -0.2) is 4.98 Å². The predicted octanol–water partition coefficient (Wildman–Crippen LogP) is 2.42. The lowest BCUT2D eigenvalue weighted by molar-refractivity contribution is 0.949. The van der Waals surface area contributed by atoms with Crippen LogP contribution in [-0.2, 0) is 0 Å².